The van der Waals surface area contributed by atoms with Gasteiger partial charge in [0.25, 0.3) is 0 Å². The topological polar surface area (TPSA) is 20.3 Å². The standard InChI is InChI=1S/C14H18FNO/c1-11-3-2-8-16(11)10-14(17)9-12-4-6-13(15)7-5-12/h4-7,11H,2-3,8-10H2,1H3. The molecule has 2 rings (SSSR count). The van der Waals surface area contributed by atoms with E-state index in [2.05, 4.69) is 11.8 Å². The second-order valence-corrected chi connectivity index (χ2v) is 4.80. The second kappa shape index (κ2) is 5.41. The lowest BCUT2D eigenvalue weighted by Crippen LogP contribution is -2.33. The highest BCUT2D eigenvalue weighted by atomic mass is 19.1. The maximum atomic E-state index is 12.7. The quantitative estimate of drug-likeness (QED) is 0.798. The van der Waals surface area contributed by atoms with Crippen LogP contribution in [0.3, 0.4) is 0 Å². The highest BCUT2D eigenvalue weighted by molar-refractivity contribution is 5.82. The summed E-state index contributed by atoms with van der Waals surface area (Å²) in [5, 5.41) is 0. The predicted molar refractivity (Wildman–Crippen MR) is 65.4 cm³/mol. The van der Waals surface area contributed by atoms with Gasteiger partial charge in [0.2, 0.25) is 0 Å². The fourth-order valence-electron chi connectivity index (χ4n) is 2.34. The molecule has 1 aromatic carbocycles. The van der Waals surface area contributed by atoms with Crippen LogP contribution in [-0.2, 0) is 11.2 Å². The minimum Gasteiger partial charge on any atom is -0.298 e. The fraction of sp³-hybridized carbons (Fsp3) is 0.500. The van der Waals surface area contributed by atoms with Gasteiger partial charge in [-0.3, -0.25) is 9.69 Å². The lowest BCUT2D eigenvalue weighted by Gasteiger charge is -2.19. The first kappa shape index (κ1) is 12.2. The molecule has 0 amide bonds. The first-order valence-corrected chi connectivity index (χ1v) is 6.15. The van der Waals surface area contributed by atoms with E-state index >= 15 is 0 Å². The van der Waals surface area contributed by atoms with Crippen LogP contribution in [0.4, 0.5) is 4.39 Å². The average molecular weight is 235 g/mol. The number of carbonyl (C=O) groups is 1. The summed E-state index contributed by atoms with van der Waals surface area (Å²) in [4.78, 5) is 14.1. The summed E-state index contributed by atoms with van der Waals surface area (Å²) in [7, 11) is 0. The third-order valence-corrected chi connectivity index (χ3v) is 3.38. The smallest absolute Gasteiger partial charge is 0.151 e. The molecule has 1 saturated heterocycles. The lowest BCUT2D eigenvalue weighted by atomic mass is 10.1. The molecule has 2 nitrogen and oxygen atoms in total. The van der Waals surface area contributed by atoms with Gasteiger partial charge >= 0.3 is 0 Å². The van der Waals surface area contributed by atoms with E-state index in [4.69, 9.17) is 0 Å². The molecule has 1 aliphatic rings. The monoisotopic (exact) mass is 235 g/mol. The van der Waals surface area contributed by atoms with E-state index < -0.39 is 0 Å². The van der Waals surface area contributed by atoms with E-state index in [1.165, 1.54) is 25.0 Å². The van der Waals surface area contributed by atoms with Gasteiger partial charge in [-0.05, 0) is 44.0 Å². The molecule has 0 N–H and O–H groups in total. The molecule has 1 heterocycles. The summed E-state index contributed by atoms with van der Waals surface area (Å²) in [5.74, 6) is -0.0419. The van der Waals surface area contributed by atoms with E-state index in [9.17, 15) is 9.18 Å². The summed E-state index contributed by atoms with van der Waals surface area (Å²) in [5.41, 5.74) is 0.892. The molecule has 0 spiro atoms. The summed E-state index contributed by atoms with van der Waals surface area (Å²) in [6.07, 6.45) is 2.78. The van der Waals surface area contributed by atoms with Crippen molar-refractivity contribution >= 4 is 5.78 Å². The van der Waals surface area contributed by atoms with Crippen molar-refractivity contribution in [1.29, 1.82) is 0 Å². The first-order chi connectivity index (χ1) is 8.15. The van der Waals surface area contributed by atoms with E-state index in [0.29, 0.717) is 19.0 Å². The molecule has 1 unspecified atom stereocenters. The van der Waals surface area contributed by atoms with Crippen LogP contribution in [0.15, 0.2) is 24.3 Å². The van der Waals surface area contributed by atoms with Crippen LogP contribution >= 0.6 is 0 Å². The minimum atomic E-state index is -0.255. The van der Waals surface area contributed by atoms with Crippen molar-refractivity contribution in [3.05, 3.63) is 35.6 Å². The van der Waals surface area contributed by atoms with Gasteiger partial charge in [-0.15, -0.1) is 0 Å². The number of rotatable bonds is 4. The van der Waals surface area contributed by atoms with Crippen molar-refractivity contribution in [2.24, 2.45) is 0 Å². The van der Waals surface area contributed by atoms with E-state index in [1.54, 1.807) is 12.1 Å². The van der Waals surface area contributed by atoms with Crippen molar-refractivity contribution in [3.8, 4) is 0 Å². The molecule has 0 bridgehead atoms. The van der Waals surface area contributed by atoms with Crippen molar-refractivity contribution in [3.63, 3.8) is 0 Å². The van der Waals surface area contributed by atoms with Crippen molar-refractivity contribution in [2.45, 2.75) is 32.2 Å². The molecular weight excluding hydrogens is 217 g/mol. The molecule has 92 valence electrons. The number of halogens is 1. The molecule has 17 heavy (non-hydrogen) atoms. The zero-order valence-electron chi connectivity index (χ0n) is 10.2. The largest absolute Gasteiger partial charge is 0.298 e. The van der Waals surface area contributed by atoms with Gasteiger partial charge in [-0.1, -0.05) is 12.1 Å². The Morgan fingerprint density at radius 1 is 1.41 bits per heavy atom. The SMILES string of the molecule is CC1CCCN1CC(=O)Cc1ccc(F)cc1. The Kier molecular flexibility index (Phi) is 3.89. The van der Waals surface area contributed by atoms with Crippen LogP contribution in [0.25, 0.3) is 0 Å². The number of likely N-dealkylation sites (tertiary alicyclic amines) is 1. The molecule has 0 saturated carbocycles. The Balaban J connectivity index is 1.86. The fourth-order valence-corrected chi connectivity index (χ4v) is 2.34. The molecule has 3 heteroatoms. The summed E-state index contributed by atoms with van der Waals surface area (Å²) in [6.45, 7) is 3.72. The number of hydrogen-bond acceptors (Lipinski definition) is 2. The van der Waals surface area contributed by atoms with Gasteiger partial charge in [0.05, 0.1) is 6.54 Å². The van der Waals surface area contributed by atoms with E-state index in [-0.39, 0.29) is 11.6 Å². The Bertz CT molecular complexity index is 388. The summed E-state index contributed by atoms with van der Waals surface area (Å²) >= 11 is 0. The molecular formula is C14H18FNO. The van der Waals surface area contributed by atoms with Gasteiger partial charge < -0.3 is 0 Å². The summed E-state index contributed by atoms with van der Waals surface area (Å²) in [6, 6.07) is 6.69. The predicted octanol–water partition coefficient (Wildman–Crippen LogP) is 2.42. The van der Waals surface area contributed by atoms with Gasteiger partial charge in [0.1, 0.15) is 5.82 Å². The maximum absolute atomic E-state index is 12.7. The number of hydrogen-bond donors (Lipinski definition) is 0. The Hall–Kier alpha value is -1.22. The zero-order valence-corrected chi connectivity index (χ0v) is 10.2. The minimum absolute atomic E-state index is 0.213. The van der Waals surface area contributed by atoms with Gasteiger partial charge in [0, 0.05) is 12.5 Å². The lowest BCUT2D eigenvalue weighted by molar-refractivity contribution is -0.119. The van der Waals surface area contributed by atoms with Gasteiger partial charge in [-0.25, -0.2) is 4.39 Å². The van der Waals surface area contributed by atoms with E-state index in [0.717, 1.165) is 12.1 Å². The molecule has 0 radical (unpaired) electrons. The average Bonchev–Trinajstić information content (AvgIpc) is 2.68. The Labute approximate surface area is 101 Å². The Morgan fingerprint density at radius 3 is 2.71 bits per heavy atom. The molecule has 1 aliphatic heterocycles. The van der Waals surface area contributed by atoms with Crippen molar-refractivity contribution < 1.29 is 9.18 Å². The van der Waals surface area contributed by atoms with Crippen LogP contribution in [0, 0.1) is 5.82 Å². The van der Waals surface area contributed by atoms with Crippen molar-refractivity contribution in [1.82, 2.24) is 4.90 Å². The van der Waals surface area contributed by atoms with Crippen LogP contribution < -0.4 is 0 Å². The molecule has 0 aliphatic carbocycles. The van der Waals surface area contributed by atoms with Crippen LogP contribution in [-0.4, -0.2) is 29.8 Å². The molecule has 1 aromatic rings. The zero-order chi connectivity index (χ0) is 12.3. The Morgan fingerprint density at radius 2 is 2.12 bits per heavy atom. The van der Waals surface area contributed by atoms with Crippen molar-refractivity contribution in [2.75, 3.05) is 13.1 Å². The van der Waals surface area contributed by atoms with Gasteiger partial charge in [0.15, 0.2) is 5.78 Å². The maximum Gasteiger partial charge on any atom is 0.151 e. The number of nitrogens with zero attached hydrogens (tertiary/aromatic N) is 1. The van der Waals surface area contributed by atoms with Crippen LogP contribution in [0.1, 0.15) is 25.3 Å². The normalized spacial score (nSPS) is 20.7. The first-order valence-electron chi connectivity index (χ1n) is 6.15. The number of benzene rings is 1. The highest BCUT2D eigenvalue weighted by Gasteiger charge is 2.22. The molecule has 1 fully saturated rings. The number of ketones is 1. The van der Waals surface area contributed by atoms with Crippen LogP contribution in [0.2, 0.25) is 0 Å². The van der Waals surface area contributed by atoms with Gasteiger partial charge in [-0.2, -0.15) is 0 Å². The summed E-state index contributed by atoms with van der Waals surface area (Å²) < 4.78 is 12.7. The van der Waals surface area contributed by atoms with Crippen LogP contribution in [0.5, 0.6) is 0 Å². The second-order valence-electron chi connectivity index (χ2n) is 4.80. The number of carbonyl (C=O) groups excluding carboxylic acids is 1. The third-order valence-electron chi connectivity index (χ3n) is 3.38. The number of Topliss-reactive ketones (excluding diaryl/α,β-unsaturated/α-hetero) is 1. The molecule has 0 aromatic heterocycles. The third kappa shape index (κ3) is 3.37. The van der Waals surface area contributed by atoms with E-state index in [1.807, 2.05) is 0 Å². The highest BCUT2D eigenvalue weighted by Crippen LogP contribution is 2.16. The molecule has 1 atom stereocenters.